The van der Waals surface area contributed by atoms with E-state index in [1.54, 1.807) is 60.8 Å². The summed E-state index contributed by atoms with van der Waals surface area (Å²) in [5, 5.41) is 5.34. The van der Waals surface area contributed by atoms with E-state index >= 15 is 0 Å². The van der Waals surface area contributed by atoms with Crippen molar-refractivity contribution in [3.05, 3.63) is 108 Å². The lowest BCUT2D eigenvalue weighted by Crippen LogP contribution is -2.13. The molecule has 0 aliphatic heterocycles. The quantitative estimate of drug-likeness (QED) is 0.269. The van der Waals surface area contributed by atoms with Crippen LogP contribution in [-0.2, 0) is 6.18 Å². The third kappa shape index (κ3) is 5.32. The number of amides is 2. The fraction of sp³-hybridized carbons (Fsp3) is 0.0370. The lowest BCUT2D eigenvalue weighted by Gasteiger charge is -2.09. The van der Waals surface area contributed by atoms with Gasteiger partial charge in [0.2, 0.25) is 0 Å². The molecule has 2 aromatic heterocycles. The van der Waals surface area contributed by atoms with Gasteiger partial charge in [0.1, 0.15) is 11.6 Å². The summed E-state index contributed by atoms with van der Waals surface area (Å²) >= 11 is 0. The summed E-state index contributed by atoms with van der Waals surface area (Å²) in [6.07, 6.45) is -2.97. The predicted octanol–water partition coefficient (Wildman–Crippen LogP) is 6.15. The maximum atomic E-state index is 12.9. The van der Waals surface area contributed by atoms with Crippen LogP contribution < -0.4 is 10.6 Å². The normalized spacial score (nSPS) is 11.3. The number of hydrogen-bond donors (Lipinski definition) is 3. The Hall–Kier alpha value is -4.99. The Morgan fingerprint density at radius 3 is 2.22 bits per heavy atom. The number of aromatic amines is 1. The Kier molecular flexibility index (Phi) is 6.14. The van der Waals surface area contributed by atoms with Crippen molar-refractivity contribution in [2.45, 2.75) is 6.18 Å². The van der Waals surface area contributed by atoms with Crippen LogP contribution >= 0.6 is 0 Å². The van der Waals surface area contributed by atoms with Gasteiger partial charge in [0.15, 0.2) is 0 Å². The summed E-state index contributed by atoms with van der Waals surface area (Å²) in [5.41, 5.74) is 1.90. The number of imidazole rings is 1. The molecular formula is C27H18F3N5O2. The molecule has 0 unspecified atom stereocenters. The number of alkyl halides is 3. The van der Waals surface area contributed by atoms with E-state index in [0.29, 0.717) is 39.5 Å². The predicted molar refractivity (Wildman–Crippen MR) is 133 cm³/mol. The summed E-state index contributed by atoms with van der Waals surface area (Å²) in [4.78, 5) is 36.8. The SMILES string of the molecule is O=C(Nc1ccc(-c2nc3cc(NC(=O)c4ccccc4)ncc3[nH]2)cc1)c1cccc(C(F)(F)F)c1. The van der Waals surface area contributed by atoms with Crippen LogP contribution in [0.3, 0.4) is 0 Å². The van der Waals surface area contributed by atoms with Crippen LogP contribution in [0.4, 0.5) is 24.7 Å². The summed E-state index contributed by atoms with van der Waals surface area (Å²) < 4.78 is 38.8. The molecule has 3 N–H and O–H groups in total. The number of rotatable bonds is 5. The Labute approximate surface area is 208 Å². The van der Waals surface area contributed by atoms with Gasteiger partial charge in [-0.3, -0.25) is 9.59 Å². The number of hydrogen-bond acceptors (Lipinski definition) is 4. The summed E-state index contributed by atoms with van der Waals surface area (Å²) in [6.45, 7) is 0. The first kappa shape index (κ1) is 23.7. The summed E-state index contributed by atoms with van der Waals surface area (Å²) in [6, 6.07) is 21.3. The monoisotopic (exact) mass is 501 g/mol. The molecule has 184 valence electrons. The van der Waals surface area contributed by atoms with E-state index in [4.69, 9.17) is 0 Å². The molecule has 0 fully saturated rings. The molecule has 0 spiro atoms. The number of carbonyl (C=O) groups is 2. The average molecular weight is 501 g/mol. The Balaban J connectivity index is 1.29. The van der Waals surface area contributed by atoms with Gasteiger partial charge in [0, 0.05) is 28.4 Å². The number of nitrogens with one attached hydrogen (secondary N) is 3. The van der Waals surface area contributed by atoms with Crippen LogP contribution in [0.1, 0.15) is 26.3 Å². The molecule has 5 aromatic rings. The molecule has 0 aliphatic carbocycles. The maximum Gasteiger partial charge on any atom is 0.416 e. The number of benzene rings is 3. The third-order valence-corrected chi connectivity index (χ3v) is 5.51. The van der Waals surface area contributed by atoms with Crippen molar-refractivity contribution < 1.29 is 22.8 Å². The van der Waals surface area contributed by atoms with Crippen molar-refractivity contribution in [2.24, 2.45) is 0 Å². The molecule has 3 aromatic carbocycles. The van der Waals surface area contributed by atoms with Crippen LogP contribution in [0.5, 0.6) is 0 Å². The molecular weight excluding hydrogens is 483 g/mol. The van der Waals surface area contributed by atoms with Crippen LogP contribution in [-0.4, -0.2) is 26.8 Å². The first-order valence-corrected chi connectivity index (χ1v) is 11.1. The fourth-order valence-electron chi connectivity index (χ4n) is 3.64. The van der Waals surface area contributed by atoms with Crippen molar-refractivity contribution in [3.63, 3.8) is 0 Å². The topological polar surface area (TPSA) is 99.8 Å². The van der Waals surface area contributed by atoms with Gasteiger partial charge in [-0.1, -0.05) is 24.3 Å². The van der Waals surface area contributed by atoms with Gasteiger partial charge in [0.05, 0.1) is 22.8 Å². The van der Waals surface area contributed by atoms with Crippen molar-refractivity contribution in [1.29, 1.82) is 0 Å². The highest BCUT2D eigenvalue weighted by Gasteiger charge is 2.30. The maximum absolute atomic E-state index is 12.9. The minimum Gasteiger partial charge on any atom is -0.337 e. The van der Waals surface area contributed by atoms with Crippen molar-refractivity contribution >= 4 is 34.4 Å². The van der Waals surface area contributed by atoms with E-state index in [9.17, 15) is 22.8 Å². The number of H-pyrrole nitrogens is 1. The van der Waals surface area contributed by atoms with Gasteiger partial charge in [-0.05, 0) is 54.6 Å². The molecule has 7 nitrogen and oxygen atoms in total. The highest BCUT2D eigenvalue weighted by molar-refractivity contribution is 6.05. The van der Waals surface area contributed by atoms with E-state index in [1.807, 2.05) is 6.07 Å². The Morgan fingerprint density at radius 1 is 0.784 bits per heavy atom. The largest absolute Gasteiger partial charge is 0.416 e. The van der Waals surface area contributed by atoms with Crippen LogP contribution in [0.15, 0.2) is 91.1 Å². The molecule has 0 atom stereocenters. The first-order valence-electron chi connectivity index (χ1n) is 11.1. The highest BCUT2D eigenvalue weighted by Crippen LogP contribution is 2.30. The van der Waals surface area contributed by atoms with Gasteiger partial charge < -0.3 is 15.6 Å². The zero-order chi connectivity index (χ0) is 26.0. The Morgan fingerprint density at radius 2 is 1.49 bits per heavy atom. The summed E-state index contributed by atoms with van der Waals surface area (Å²) in [7, 11) is 0. The van der Waals surface area contributed by atoms with Crippen molar-refractivity contribution in [3.8, 4) is 11.4 Å². The number of nitrogens with zero attached hydrogens (tertiary/aromatic N) is 2. The Bertz CT molecular complexity index is 1600. The number of halogens is 3. The zero-order valence-corrected chi connectivity index (χ0v) is 19.0. The van der Waals surface area contributed by atoms with Gasteiger partial charge in [-0.25, -0.2) is 9.97 Å². The minimum atomic E-state index is -4.53. The number of anilines is 2. The van der Waals surface area contributed by atoms with Gasteiger partial charge >= 0.3 is 6.18 Å². The van der Waals surface area contributed by atoms with Gasteiger partial charge in [-0.2, -0.15) is 13.2 Å². The highest BCUT2D eigenvalue weighted by atomic mass is 19.4. The number of pyridine rings is 1. The average Bonchev–Trinajstić information content (AvgIpc) is 3.33. The van der Waals surface area contributed by atoms with E-state index < -0.39 is 17.6 Å². The molecule has 0 bridgehead atoms. The lowest BCUT2D eigenvalue weighted by atomic mass is 10.1. The van der Waals surface area contributed by atoms with E-state index in [0.717, 1.165) is 12.1 Å². The second-order valence-corrected chi connectivity index (χ2v) is 8.10. The molecule has 0 saturated heterocycles. The minimum absolute atomic E-state index is 0.0983. The first-order chi connectivity index (χ1) is 17.8. The molecule has 10 heteroatoms. The molecule has 2 heterocycles. The molecule has 2 amide bonds. The van der Waals surface area contributed by atoms with E-state index in [-0.39, 0.29) is 11.5 Å². The summed E-state index contributed by atoms with van der Waals surface area (Å²) in [5.74, 6) is -0.0455. The number of carbonyl (C=O) groups excluding carboxylic acids is 2. The van der Waals surface area contributed by atoms with E-state index in [1.165, 1.54) is 12.1 Å². The number of aromatic nitrogens is 3. The lowest BCUT2D eigenvalue weighted by molar-refractivity contribution is -0.137. The molecule has 37 heavy (non-hydrogen) atoms. The molecule has 0 saturated carbocycles. The fourth-order valence-corrected chi connectivity index (χ4v) is 3.64. The zero-order valence-electron chi connectivity index (χ0n) is 19.0. The van der Waals surface area contributed by atoms with E-state index in [2.05, 4.69) is 25.6 Å². The second kappa shape index (κ2) is 9.57. The van der Waals surface area contributed by atoms with Gasteiger partial charge in [0.25, 0.3) is 11.8 Å². The van der Waals surface area contributed by atoms with Crippen LogP contribution in [0.25, 0.3) is 22.4 Å². The molecule has 5 rings (SSSR count). The standard InChI is InChI=1S/C27H18F3N5O2/c28-27(29,30)19-8-4-7-18(13-19)26(37)32-20-11-9-16(10-12-20)24-33-21-14-23(31-15-22(21)34-24)35-25(36)17-5-2-1-3-6-17/h1-15H,(H,32,37)(H,33,34)(H,31,35,36). The second-order valence-electron chi connectivity index (χ2n) is 8.10. The number of fused-ring (bicyclic) bond motifs is 1. The van der Waals surface area contributed by atoms with Crippen LogP contribution in [0, 0.1) is 0 Å². The molecule has 0 radical (unpaired) electrons. The molecule has 0 aliphatic rings. The van der Waals surface area contributed by atoms with Crippen molar-refractivity contribution in [1.82, 2.24) is 15.0 Å². The smallest absolute Gasteiger partial charge is 0.337 e. The van der Waals surface area contributed by atoms with Crippen LogP contribution in [0.2, 0.25) is 0 Å². The van der Waals surface area contributed by atoms with Gasteiger partial charge in [-0.15, -0.1) is 0 Å². The third-order valence-electron chi connectivity index (χ3n) is 5.51. The van der Waals surface area contributed by atoms with Crippen molar-refractivity contribution in [2.75, 3.05) is 10.6 Å².